The second-order valence-corrected chi connectivity index (χ2v) is 4.62. The maximum Gasteiger partial charge on any atom is 0.548 e. The molecule has 4 nitrogen and oxygen atoms in total. The largest absolute Gasteiger partial charge is 0.548 e. The van der Waals surface area contributed by atoms with E-state index in [1.165, 1.54) is 0 Å². The van der Waals surface area contributed by atoms with Crippen molar-refractivity contribution in [2.45, 2.75) is 0 Å². The van der Waals surface area contributed by atoms with Crippen molar-refractivity contribution in [2.24, 2.45) is 0 Å². The van der Waals surface area contributed by atoms with Crippen molar-refractivity contribution in [3.05, 3.63) is 0 Å². The molecule has 0 radical (unpaired) electrons. The number of hydrogen-bond acceptors (Lipinski definition) is 4. The highest BCUT2D eigenvalue weighted by atomic mass is 32.4. The minimum atomic E-state index is -3.30. The normalized spacial score (nSPS) is 17.5. The summed E-state index contributed by atoms with van der Waals surface area (Å²) in [7, 11) is 1.13. The Hall–Kier alpha value is 0.555. The Morgan fingerprint density at radius 2 is 2.00 bits per heavy atom. The quantitative estimate of drug-likeness (QED) is 0.349. The van der Waals surface area contributed by atoms with Crippen LogP contribution in [0.1, 0.15) is 0 Å². The number of hydrogen-bond donors (Lipinski definition) is 3. The van der Waals surface area contributed by atoms with Gasteiger partial charge in [0.25, 0.3) is 0 Å². The predicted molar refractivity (Wildman–Crippen MR) is 33.7 cm³/mol. The van der Waals surface area contributed by atoms with Crippen molar-refractivity contribution >= 4 is 25.0 Å². The summed E-state index contributed by atoms with van der Waals surface area (Å²) < 4.78 is 4.18. The van der Waals surface area contributed by atoms with E-state index in [0.29, 0.717) is 0 Å². The van der Waals surface area contributed by atoms with Crippen LogP contribution in [0.15, 0.2) is 0 Å². The smallest absolute Gasteiger partial charge is 0.420 e. The Bertz CT molecular complexity index is 115. The maximum absolute atomic E-state index is 8.60. The van der Waals surface area contributed by atoms with Crippen LogP contribution < -0.4 is 0 Å². The van der Waals surface area contributed by atoms with Gasteiger partial charge in [-0.25, -0.2) is 0 Å². The van der Waals surface area contributed by atoms with E-state index in [0.717, 1.165) is 7.11 Å². The molecule has 7 heteroatoms. The van der Waals surface area contributed by atoms with Gasteiger partial charge in [0.05, 0.1) is 0 Å². The molecule has 0 rings (SSSR count). The van der Waals surface area contributed by atoms with Crippen LogP contribution in [0.25, 0.3) is 0 Å². The summed E-state index contributed by atoms with van der Waals surface area (Å²) in [6.45, 7) is -1.93. The van der Waals surface area contributed by atoms with Gasteiger partial charge in [-0.3, -0.25) is 0 Å². The zero-order chi connectivity index (χ0) is 6.78. The molecule has 0 saturated carbocycles. The minimum Gasteiger partial charge on any atom is -0.420 e. The van der Waals surface area contributed by atoms with Crippen LogP contribution in [0.2, 0.25) is 0 Å². The van der Waals surface area contributed by atoms with Gasteiger partial charge in [0.2, 0.25) is 6.37 Å². The van der Waals surface area contributed by atoms with Gasteiger partial charge in [-0.15, -0.1) is 0 Å². The second kappa shape index (κ2) is 2.91. The highest BCUT2D eigenvalue weighted by molar-refractivity contribution is 8.23. The van der Waals surface area contributed by atoms with Crippen molar-refractivity contribution < 1.29 is 19.5 Å². The van der Waals surface area contributed by atoms with Gasteiger partial charge in [-0.1, -0.05) is 0 Å². The van der Waals surface area contributed by atoms with Crippen molar-refractivity contribution in [3.8, 4) is 0 Å². The van der Waals surface area contributed by atoms with Gasteiger partial charge in [0.1, 0.15) is 0 Å². The zero-order valence-electron chi connectivity index (χ0n) is 4.18. The lowest BCUT2D eigenvalue weighted by atomic mass is 10.4. The lowest BCUT2D eigenvalue weighted by molar-refractivity contribution is 0.366. The van der Waals surface area contributed by atoms with Crippen LogP contribution in [0.5, 0.6) is 0 Å². The average Bonchev–Trinajstić information content (AvgIpc) is 1.67. The molecule has 0 aromatic carbocycles. The summed E-state index contributed by atoms with van der Waals surface area (Å²) in [4.78, 5) is 8.60. The van der Waals surface area contributed by atoms with Crippen LogP contribution in [0.3, 0.4) is 0 Å². The molecule has 8 heavy (non-hydrogen) atoms. The molecule has 0 aromatic heterocycles. The van der Waals surface area contributed by atoms with Gasteiger partial charge in [0.15, 0.2) is 0 Å². The molecule has 1 unspecified atom stereocenters. The fraction of sp³-hybridized carbons (Fsp3) is 1.00. The van der Waals surface area contributed by atoms with E-state index in [4.69, 9.17) is 14.9 Å². The predicted octanol–water partition coefficient (Wildman–Crippen LogP) is -1.10. The lowest BCUT2D eigenvalue weighted by Crippen LogP contribution is -2.12. The topological polar surface area (TPSA) is 69.9 Å². The maximum atomic E-state index is 8.60. The first-order chi connectivity index (χ1) is 3.50. The molecule has 0 heterocycles. The third-order valence-corrected chi connectivity index (χ3v) is 2.67. The average molecular weight is 156 g/mol. The Labute approximate surface area is 52.4 Å². The van der Waals surface area contributed by atoms with E-state index in [1.54, 1.807) is 0 Å². The van der Waals surface area contributed by atoms with E-state index in [2.05, 4.69) is 16.3 Å². The van der Waals surface area contributed by atoms with Crippen molar-refractivity contribution in [3.63, 3.8) is 0 Å². The first-order valence-corrected chi connectivity index (χ1v) is 4.49. The van der Waals surface area contributed by atoms with E-state index >= 15 is 0 Å². The molecular weight excluding hydrogens is 150 g/mol. The second-order valence-electron chi connectivity index (χ2n) is 1.09. The molecule has 0 bridgehead atoms. The zero-order valence-corrected chi connectivity index (χ0v) is 5.89. The van der Waals surface area contributed by atoms with Crippen molar-refractivity contribution in [1.29, 1.82) is 0 Å². The van der Waals surface area contributed by atoms with Crippen LogP contribution in [-0.2, 0) is 16.3 Å². The summed E-state index contributed by atoms with van der Waals surface area (Å²) >= 11 is 4.21. The van der Waals surface area contributed by atoms with E-state index in [-0.39, 0.29) is 0 Å². The van der Waals surface area contributed by atoms with Gasteiger partial charge < -0.3 is 19.5 Å². The molecule has 48 valence electrons. The Balaban J connectivity index is 3.93. The molecule has 0 spiro atoms. The standard InChI is InChI=1S/CH6BO4PS/c1-6-7(5,8)2(3)4/h3-4H,1H3,(H,5,8). The summed E-state index contributed by atoms with van der Waals surface area (Å²) in [5.74, 6) is 0. The molecule has 0 saturated heterocycles. The van der Waals surface area contributed by atoms with Crippen LogP contribution >= 0.6 is 6.37 Å². The monoisotopic (exact) mass is 156 g/mol. The fourth-order valence-electron chi connectivity index (χ4n) is 0.0943. The highest BCUT2D eigenvalue weighted by Gasteiger charge is 2.28. The first-order valence-electron chi connectivity index (χ1n) is 1.75. The van der Waals surface area contributed by atoms with Crippen LogP contribution in [0, 0.1) is 0 Å². The van der Waals surface area contributed by atoms with Gasteiger partial charge in [-0.2, -0.15) is 0 Å². The summed E-state index contributed by atoms with van der Waals surface area (Å²) in [5.41, 5.74) is 0. The molecule has 0 aliphatic carbocycles. The molecular formula is CH6BO4PS. The molecule has 0 fully saturated rings. The molecule has 0 aliphatic rings. The Morgan fingerprint density at radius 3 is 2.00 bits per heavy atom. The molecule has 3 N–H and O–H groups in total. The van der Waals surface area contributed by atoms with Crippen LogP contribution in [0.4, 0.5) is 0 Å². The fourth-order valence-corrected chi connectivity index (χ4v) is 0.283. The number of rotatable bonds is 2. The highest BCUT2D eigenvalue weighted by Crippen LogP contribution is 2.41. The van der Waals surface area contributed by atoms with Crippen molar-refractivity contribution in [1.82, 2.24) is 0 Å². The van der Waals surface area contributed by atoms with Gasteiger partial charge >= 0.3 is 6.84 Å². The van der Waals surface area contributed by atoms with Crippen LogP contribution in [-0.4, -0.2) is 28.9 Å². The van der Waals surface area contributed by atoms with Crippen molar-refractivity contribution in [2.75, 3.05) is 7.11 Å². The van der Waals surface area contributed by atoms with E-state index < -0.39 is 13.2 Å². The minimum absolute atomic E-state index is 1.13. The molecule has 0 amide bonds. The summed E-state index contributed by atoms with van der Waals surface area (Å²) in [6.07, 6.45) is -3.30. The third kappa shape index (κ3) is 2.22. The Morgan fingerprint density at radius 1 is 1.62 bits per heavy atom. The molecule has 0 aromatic rings. The first kappa shape index (κ1) is 8.55. The van der Waals surface area contributed by atoms with E-state index in [1.807, 2.05) is 0 Å². The van der Waals surface area contributed by atoms with E-state index in [9.17, 15) is 0 Å². The third-order valence-electron chi connectivity index (χ3n) is 0.553. The molecule has 1 atom stereocenters. The van der Waals surface area contributed by atoms with Gasteiger partial charge in [0, 0.05) is 7.11 Å². The SMILES string of the molecule is COP(O)(=S)B(O)O. The summed E-state index contributed by atoms with van der Waals surface area (Å²) in [5, 5.41) is 16.4. The summed E-state index contributed by atoms with van der Waals surface area (Å²) in [6, 6.07) is 0. The lowest BCUT2D eigenvalue weighted by Gasteiger charge is -2.08. The molecule has 0 aliphatic heterocycles. The Kier molecular flexibility index (Phi) is 3.12. The van der Waals surface area contributed by atoms with Gasteiger partial charge in [-0.05, 0) is 11.8 Å².